The van der Waals surface area contributed by atoms with Gasteiger partial charge in [0.1, 0.15) is 17.4 Å². The summed E-state index contributed by atoms with van der Waals surface area (Å²) in [5.74, 6) is -1.64. The Morgan fingerprint density at radius 1 is 1.24 bits per heavy atom. The summed E-state index contributed by atoms with van der Waals surface area (Å²) >= 11 is 0. The number of amides is 1. The van der Waals surface area contributed by atoms with Crippen molar-refractivity contribution < 1.29 is 24.2 Å². The standard InChI is InChI=1S/C18H21NO6/c1-4-5-13(17(22)23)19-15(21)8-12-9(2)11-6-7-14(20)10(3)16(11)25-18(12)24/h6-7,13,20H,4-5,8H2,1-3H3,(H,19,21)(H,22,23)/t13-/m0/s1. The molecule has 134 valence electrons. The Kier molecular flexibility index (Phi) is 5.46. The Labute approximate surface area is 144 Å². The normalized spacial score (nSPS) is 12.1. The van der Waals surface area contributed by atoms with Gasteiger partial charge in [-0.25, -0.2) is 9.59 Å². The Morgan fingerprint density at radius 3 is 2.52 bits per heavy atom. The minimum absolute atomic E-state index is 0.0180. The molecule has 2 aromatic rings. The first-order valence-electron chi connectivity index (χ1n) is 8.03. The molecule has 0 fully saturated rings. The van der Waals surface area contributed by atoms with Crippen LogP contribution in [-0.4, -0.2) is 28.1 Å². The number of rotatable bonds is 6. The maximum Gasteiger partial charge on any atom is 0.340 e. The quantitative estimate of drug-likeness (QED) is 0.688. The second-order valence-corrected chi connectivity index (χ2v) is 6.00. The molecule has 0 bridgehead atoms. The highest BCUT2D eigenvalue weighted by molar-refractivity contribution is 5.88. The molecule has 1 aromatic heterocycles. The molecule has 0 unspecified atom stereocenters. The average Bonchev–Trinajstić information content (AvgIpc) is 2.55. The molecule has 0 saturated heterocycles. The number of aryl methyl sites for hydroxylation is 2. The van der Waals surface area contributed by atoms with Crippen LogP contribution in [0.15, 0.2) is 21.3 Å². The van der Waals surface area contributed by atoms with Gasteiger partial charge in [0.15, 0.2) is 0 Å². The first kappa shape index (κ1) is 18.5. The highest BCUT2D eigenvalue weighted by atomic mass is 16.4. The number of fused-ring (bicyclic) bond motifs is 1. The summed E-state index contributed by atoms with van der Waals surface area (Å²) in [6.07, 6.45) is 0.652. The molecule has 25 heavy (non-hydrogen) atoms. The highest BCUT2D eigenvalue weighted by Gasteiger charge is 2.21. The van der Waals surface area contributed by atoms with Crippen LogP contribution in [0.2, 0.25) is 0 Å². The van der Waals surface area contributed by atoms with Crippen LogP contribution in [0.5, 0.6) is 5.75 Å². The fourth-order valence-corrected chi connectivity index (χ4v) is 2.73. The van der Waals surface area contributed by atoms with Crippen LogP contribution in [0.25, 0.3) is 11.0 Å². The van der Waals surface area contributed by atoms with Crippen LogP contribution in [0, 0.1) is 13.8 Å². The lowest BCUT2D eigenvalue weighted by atomic mass is 10.0. The Bertz CT molecular complexity index is 883. The monoisotopic (exact) mass is 347 g/mol. The van der Waals surface area contributed by atoms with Gasteiger partial charge in [0.25, 0.3) is 0 Å². The number of carboxylic acid groups (broad SMARTS) is 1. The molecule has 0 aliphatic carbocycles. The van der Waals surface area contributed by atoms with Gasteiger partial charge in [0.2, 0.25) is 5.91 Å². The van der Waals surface area contributed by atoms with Gasteiger partial charge in [-0.15, -0.1) is 0 Å². The summed E-state index contributed by atoms with van der Waals surface area (Å²) in [7, 11) is 0. The van der Waals surface area contributed by atoms with E-state index in [1.165, 1.54) is 6.07 Å². The van der Waals surface area contributed by atoms with E-state index in [0.717, 1.165) is 0 Å². The molecule has 2 rings (SSSR count). The topological polar surface area (TPSA) is 117 Å². The second kappa shape index (κ2) is 7.38. The number of phenolic OH excluding ortho intramolecular Hbond substituents is 1. The minimum atomic E-state index is -1.11. The Morgan fingerprint density at radius 2 is 1.92 bits per heavy atom. The summed E-state index contributed by atoms with van der Waals surface area (Å²) in [5, 5.41) is 21.9. The first-order chi connectivity index (χ1) is 11.8. The van der Waals surface area contributed by atoms with Gasteiger partial charge >= 0.3 is 11.6 Å². The van der Waals surface area contributed by atoms with Gasteiger partial charge in [-0.05, 0) is 38.0 Å². The molecule has 1 amide bonds. The molecule has 1 aromatic carbocycles. The van der Waals surface area contributed by atoms with Crippen LogP contribution < -0.4 is 10.9 Å². The van der Waals surface area contributed by atoms with E-state index in [4.69, 9.17) is 9.52 Å². The third kappa shape index (κ3) is 3.81. The third-order valence-electron chi connectivity index (χ3n) is 4.22. The van der Waals surface area contributed by atoms with E-state index in [1.807, 2.05) is 6.92 Å². The lowest BCUT2D eigenvalue weighted by Gasteiger charge is -2.14. The summed E-state index contributed by atoms with van der Waals surface area (Å²) in [6.45, 7) is 5.15. The van der Waals surface area contributed by atoms with Crippen LogP contribution in [0.1, 0.15) is 36.5 Å². The van der Waals surface area contributed by atoms with Gasteiger partial charge in [-0.2, -0.15) is 0 Å². The SMILES string of the molecule is CCC[C@H](NC(=O)Cc1c(C)c2ccc(O)c(C)c2oc1=O)C(=O)O. The predicted molar refractivity (Wildman–Crippen MR) is 91.8 cm³/mol. The highest BCUT2D eigenvalue weighted by Crippen LogP contribution is 2.28. The van der Waals surface area contributed by atoms with E-state index in [2.05, 4.69) is 5.32 Å². The molecule has 1 atom stereocenters. The number of carboxylic acids is 1. The van der Waals surface area contributed by atoms with Crippen LogP contribution in [0.4, 0.5) is 0 Å². The van der Waals surface area contributed by atoms with E-state index in [-0.39, 0.29) is 23.3 Å². The molecular weight excluding hydrogens is 326 g/mol. The number of benzene rings is 1. The number of hydrogen-bond donors (Lipinski definition) is 3. The van der Waals surface area contributed by atoms with E-state index in [0.29, 0.717) is 29.4 Å². The fraction of sp³-hybridized carbons (Fsp3) is 0.389. The van der Waals surface area contributed by atoms with Crippen molar-refractivity contribution in [2.45, 2.75) is 46.1 Å². The maximum absolute atomic E-state index is 12.3. The number of phenols is 1. The van der Waals surface area contributed by atoms with E-state index in [9.17, 15) is 19.5 Å². The molecule has 7 heteroatoms. The van der Waals surface area contributed by atoms with Gasteiger partial charge in [0, 0.05) is 10.9 Å². The van der Waals surface area contributed by atoms with Gasteiger partial charge in [-0.1, -0.05) is 13.3 Å². The zero-order valence-electron chi connectivity index (χ0n) is 14.4. The number of aliphatic carboxylic acids is 1. The van der Waals surface area contributed by atoms with E-state index in [1.54, 1.807) is 19.9 Å². The number of nitrogens with one attached hydrogen (secondary N) is 1. The molecule has 0 radical (unpaired) electrons. The summed E-state index contributed by atoms with van der Waals surface area (Å²) in [5.41, 5.74) is 0.808. The van der Waals surface area contributed by atoms with Crippen molar-refractivity contribution in [1.82, 2.24) is 5.32 Å². The maximum atomic E-state index is 12.3. The lowest BCUT2D eigenvalue weighted by Crippen LogP contribution is -2.41. The molecule has 0 aliphatic heterocycles. The zero-order chi connectivity index (χ0) is 18.7. The fourth-order valence-electron chi connectivity index (χ4n) is 2.73. The van der Waals surface area contributed by atoms with Crippen molar-refractivity contribution in [2.75, 3.05) is 0 Å². The Hall–Kier alpha value is -2.83. The third-order valence-corrected chi connectivity index (χ3v) is 4.22. The predicted octanol–water partition coefficient (Wildman–Crippen LogP) is 2.03. The minimum Gasteiger partial charge on any atom is -0.508 e. The van der Waals surface area contributed by atoms with Crippen molar-refractivity contribution in [3.05, 3.63) is 39.2 Å². The van der Waals surface area contributed by atoms with Crippen LogP contribution in [0.3, 0.4) is 0 Å². The van der Waals surface area contributed by atoms with Crippen LogP contribution >= 0.6 is 0 Å². The number of aromatic hydroxyl groups is 1. The second-order valence-electron chi connectivity index (χ2n) is 6.00. The zero-order valence-corrected chi connectivity index (χ0v) is 14.4. The van der Waals surface area contributed by atoms with Gasteiger partial charge in [0.05, 0.1) is 12.0 Å². The molecule has 0 spiro atoms. The molecule has 7 nitrogen and oxygen atoms in total. The summed E-state index contributed by atoms with van der Waals surface area (Å²) in [6, 6.07) is 2.13. The molecular formula is C18H21NO6. The molecule has 1 heterocycles. The van der Waals surface area contributed by atoms with Crippen molar-refractivity contribution in [1.29, 1.82) is 0 Å². The molecule has 0 aliphatic rings. The smallest absolute Gasteiger partial charge is 0.340 e. The van der Waals surface area contributed by atoms with Crippen molar-refractivity contribution in [2.24, 2.45) is 0 Å². The number of carbonyl (C=O) groups excluding carboxylic acids is 1. The number of hydrogen-bond acceptors (Lipinski definition) is 5. The molecule has 0 saturated carbocycles. The largest absolute Gasteiger partial charge is 0.508 e. The van der Waals surface area contributed by atoms with Crippen molar-refractivity contribution in [3.8, 4) is 5.75 Å². The van der Waals surface area contributed by atoms with E-state index >= 15 is 0 Å². The van der Waals surface area contributed by atoms with Gasteiger partial charge < -0.3 is 19.9 Å². The van der Waals surface area contributed by atoms with Crippen molar-refractivity contribution >= 4 is 22.8 Å². The summed E-state index contributed by atoms with van der Waals surface area (Å²) < 4.78 is 5.27. The summed E-state index contributed by atoms with van der Waals surface area (Å²) in [4.78, 5) is 35.6. The first-order valence-corrected chi connectivity index (χ1v) is 8.03. The average molecular weight is 347 g/mol. The van der Waals surface area contributed by atoms with E-state index < -0.39 is 23.5 Å². The van der Waals surface area contributed by atoms with Crippen molar-refractivity contribution in [3.63, 3.8) is 0 Å². The Balaban J connectivity index is 2.35. The number of carbonyl (C=O) groups is 2. The lowest BCUT2D eigenvalue weighted by molar-refractivity contribution is -0.141. The van der Waals surface area contributed by atoms with Crippen LogP contribution in [-0.2, 0) is 16.0 Å². The molecule has 3 N–H and O–H groups in total. The van der Waals surface area contributed by atoms with Gasteiger partial charge in [-0.3, -0.25) is 4.79 Å².